The molecule has 136 valence electrons. The van der Waals surface area contributed by atoms with Gasteiger partial charge in [-0.25, -0.2) is 0 Å². The zero-order valence-corrected chi connectivity index (χ0v) is 15.8. The number of carbonyl (C=O) groups is 1. The number of carbonyl (C=O) groups excluding carboxylic acids is 1. The van der Waals surface area contributed by atoms with Crippen LogP contribution in [0, 0.1) is 17.8 Å². The molecule has 4 nitrogen and oxygen atoms in total. The van der Waals surface area contributed by atoms with E-state index in [0.717, 1.165) is 37.0 Å². The van der Waals surface area contributed by atoms with Gasteiger partial charge in [0.1, 0.15) is 5.56 Å². The lowest BCUT2D eigenvalue weighted by Crippen LogP contribution is -2.60. The van der Waals surface area contributed by atoms with Crippen LogP contribution in [0.5, 0.6) is 0 Å². The number of halogens is 2. The number of rotatable bonds is 2. The molecule has 1 heterocycles. The lowest BCUT2D eigenvalue weighted by Gasteiger charge is -2.56. The van der Waals surface area contributed by atoms with Gasteiger partial charge in [-0.15, -0.1) is 0 Å². The first-order valence-electron chi connectivity index (χ1n) is 9.25. The normalized spacial score (nSPS) is 32.2. The first kappa shape index (κ1) is 16.6. The largest absolute Gasteiger partial charge is 0.359 e. The molecule has 0 unspecified atom stereocenters. The Bertz CT molecular complexity index is 946. The zero-order valence-electron chi connectivity index (χ0n) is 14.3. The van der Waals surface area contributed by atoms with Crippen molar-refractivity contribution >= 4 is 40.0 Å². The Morgan fingerprint density at radius 1 is 1.08 bits per heavy atom. The van der Waals surface area contributed by atoms with Gasteiger partial charge >= 0.3 is 0 Å². The minimum absolute atomic E-state index is 0.126. The second kappa shape index (κ2) is 5.74. The van der Waals surface area contributed by atoms with Crippen LogP contribution in [0.1, 0.15) is 48.9 Å². The molecular formula is C20H20Cl2N2O2. The Morgan fingerprint density at radius 2 is 1.69 bits per heavy atom. The van der Waals surface area contributed by atoms with Crippen molar-refractivity contribution in [3.8, 4) is 0 Å². The van der Waals surface area contributed by atoms with Gasteiger partial charge in [0.2, 0.25) is 5.43 Å². The van der Waals surface area contributed by atoms with E-state index in [1.54, 1.807) is 12.1 Å². The van der Waals surface area contributed by atoms with E-state index in [-0.39, 0.29) is 22.4 Å². The van der Waals surface area contributed by atoms with Gasteiger partial charge < -0.3 is 10.3 Å². The van der Waals surface area contributed by atoms with Crippen LogP contribution in [0.15, 0.2) is 23.1 Å². The van der Waals surface area contributed by atoms with Gasteiger partial charge in [0.05, 0.1) is 10.5 Å². The maximum absolute atomic E-state index is 13.0. The number of hydrogen-bond acceptors (Lipinski definition) is 2. The molecule has 4 fully saturated rings. The summed E-state index contributed by atoms with van der Waals surface area (Å²) >= 11 is 12.2. The Hall–Kier alpha value is -1.52. The molecule has 0 radical (unpaired) electrons. The summed E-state index contributed by atoms with van der Waals surface area (Å²) < 4.78 is 0. The lowest BCUT2D eigenvalue weighted by molar-refractivity contribution is -0.0167. The van der Waals surface area contributed by atoms with E-state index in [0.29, 0.717) is 20.9 Å². The van der Waals surface area contributed by atoms with Gasteiger partial charge in [0.25, 0.3) is 5.91 Å². The Morgan fingerprint density at radius 3 is 2.31 bits per heavy atom. The van der Waals surface area contributed by atoms with Crippen molar-refractivity contribution in [2.75, 3.05) is 0 Å². The average Bonchev–Trinajstić information content (AvgIpc) is 2.54. The monoisotopic (exact) mass is 390 g/mol. The summed E-state index contributed by atoms with van der Waals surface area (Å²) in [6.07, 6.45) is 8.55. The maximum atomic E-state index is 13.0. The Balaban J connectivity index is 1.50. The fourth-order valence-corrected chi connectivity index (χ4v) is 6.54. The van der Waals surface area contributed by atoms with Crippen LogP contribution in [-0.4, -0.2) is 16.4 Å². The van der Waals surface area contributed by atoms with E-state index in [1.807, 2.05) is 0 Å². The van der Waals surface area contributed by atoms with Crippen molar-refractivity contribution in [3.05, 3.63) is 44.2 Å². The summed E-state index contributed by atoms with van der Waals surface area (Å²) in [6, 6.07) is 3.14. The second-order valence-electron chi connectivity index (χ2n) is 8.49. The number of hydrogen-bond donors (Lipinski definition) is 2. The smallest absolute Gasteiger partial charge is 0.257 e. The highest BCUT2D eigenvalue weighted by Crippen LogP contribution is 2.55. The molecule has 6 heteroatoms. The summed E-state index contributed by atoms with van der Waals surface area (Å²) in [6.45, 7) is 0. The predicted molar refractivity (Wildman–Crippen MR) is 103 cm³/mol. The van der Waals surface area contributed by atoms with Gasteiger partial charge in [0.15, 0.2) is 0 Å². The minimum Gasteiger partial charge on any atom is -0.359 e. The molecule has 0 spiro atoms. The average molecular weight is 391 g/mol. The van der Waals surface area contributed by atoms with Crippen molar-refractivity contribution in [2.45, 2.75) is 44.1 Å². The van der Waals surface area contributed by atoms with Gasteiger partial charge in [-0.05, 0) is 68.4 Å². The maximum Gasteiger partial charge on any atom is 0.257 e. The van der Waals surface area contributed by atoms with Gasteiger partial charge in [-0.1, -0.05) is 23.2 Å². The molecule has 2 aromatic rings. The predicted octanol–water partition coefficient (Wildman–Crippen LogP) is 4.53. The molecule has 4 bridgehead atoms. The second-order valence-corrected chi connectivity index (χ2v) is 9.34. The summed E-state index contributed by atoms with van der Waals surface area (Å²) in [5.74, 6) is 1.91. The number of amides is 1. The van der Waals surface area contributed by atoms with Crippen LogP contribution in [-0.2, 0) is 0 Å². The summed E-state index contributed by atoms with van der Waals surface area (Å²) in [5, 5.41) is 4.35. The highest BCUT2D eigenvalue weighted by atomic mass is 35.5. The van der Waals surface area contributed by atoms with Crippen LogP contribution in [0.25, 0.3) is 10.9 Å². The summed E-state index contributed by atoms with van der Waals surface area (Å²) in [5.41, 5.74) is 0.184. The van der Waals surface area contributed by atoms with Gasteiger partial charge in [-0.2, -0.15) is 0 Å². The molecular weight excluding hydrogens is 371 g/mol. The number of fused-ring (bicyclic) bond motifs is 1. The third-order valence-corrected chi connectivity index (χ3v) is 7.08. The van der Waals surface area contributed by atoms with Crippen molar-refractivity contribution in [1.29, 1.82) is 0 Å². The van der Waals surface area contributed by atoms with E-state index >= 15 is 0 Å². The standard InChI is InChI=1S/C20H20Cl2N2O2/c21-13-4-14-17(16(22)5-13)23-9-15(18(14)25)19(26)24-20-6-10-1-11(7-20)3-12(2-10)8-20/h4-5,9-12H,1-3,6-8H2,(H,23,25)(H,24,26). The van der Waals surface area contributed by atoms with E-state index < -0.39 is 0 Å². The van der Waals surface area contributed by atoms with Crippen molar-refractivity contribution in [1.82, 2.24) is 10.3 Å². The first-order valence-corrected chi connectivity index (χ1v) is 10.0. The number of nitrogens with one attached hydrogen (secondary N) is 2. The van der Waals surface area contributed by atoms with E-state index in [4.69, 9.17) is 23.2 Å². The fourth-order valence-electron chi connectivity index (χ4n) is 5.99. The van der Waals surface area contributed by atoms with Crippen LogP contribution in [0.2, 0.25) is 10.0 Å². The third-order valence-electron chi connectivity index (χ3n) is 6.57. The molecule has 26 heavy (non-hydrogen) atoms. The van der Waals surface area contributed by atoms with Crippen LogP contribution in [0.3, 0.4) is 0 Å². The Kier molecular flexibility index (Phi) is 3.67. The molecule has 1 amide bonds. The zero-order chi connectivity index (χ0) is 18.1. The number of H-pyrrole nitrogens is 1. The molecule has 0 saturated heterocycles. The van der Waals surface area contributed by atoms with E-state index in [2.05, 4.69) is 10.3 Å². The topological polar surface area (TPSA) is 62.0 Å². The molecule has 1 aromatic heterocycles. The molecule has 1 aromatic carbocycles. The van der Waals surface area contributed by atoms with Gasteiger partial charge in [-0.3, -0.25) is 9.59 Å². The molecule has 4 aliphatic carbocycles. The van der Waals surface area contributed by atoms with Crippen molar-refractivity contribution in [3.63, 3.8) is 0 Å². The van der Waals surface area contributed by atoms with Crippen LogP contribution in [0.4, 0.5) is 0 Å². The summed E-state index contributed by atoms with van der Waals surface area (Å²) in [7, 11) is 0. The SMILES string of the molecule is O=C(NC12CC3CC(CC(C3)C1)C2)c1c[nH]c2c(Cl)cc(Cl)cc2c1=O. The number of pyridine rings is 1. The van der Waals surface area contributed by atoms with Crippen molar-refractivity contribution < 1.29 is 4.79 Å². The van der Waals surface area contributed by atoms with E-state index in [9.17, 15) is 9.59 Å². The number of aromatic amines is 1. The van der Waals surface area contributed by atoms with Crippen LogP contribution >= 0.6 is 23.2 Å². The van der Waals surface area contributed by atoms with Gasteiger partial charge in [0, 0.05) is 22.1 Å². The lowest BCUT2D eigenvalue weighted by atomic mass is 9.53. The molecule has 2 N–H and O–H groups in total. The molecule has 0 atom stereocenters. The first-order chi connectivity index (χ1) is 12.4. The highest BCUT2D eigenvalue weighted by Gasteiger charge is 2.51. The minimum atomic E-state index is -0.328. The highest BCUT2D eigenvalue weighted by molar-refractivity contribution is 6.38. The molecule has 0 aliphatic heterocycles. The molecule has 4 aliphatic rings. The van der Waals surface area contributed by atoms with E-state index in [1.165, 1.54) is 25.5 Å². The summed E-state index contributed by atoms with van der Waals surface area (Å²) in [4.78, 5) is 28.8. The number of aromatic nitrogens is 1. The molecule has 6 rings (SSSR count). The van der Waals surface area contributed by atoms with Crippen LogP contribution < -0.4 is 10.7 Å². The quantitative estimate of drug-likeness (QED) is 0.790. The fraction of sp³-hybridized carbons (Fsp3) is 0.500. The Labute approximate surface area is 161 Å². The third kappa shape index (κ3) is 2.57. The van der Waals surface area contributed by atoms with Crippen molar-refractivity contribution in [2.24, 2.45) is 17.8 Å². The molecule has 4 saturated carbocycles. The number of benzene rings is 1.